The first-order valence-electron chi connectivity index (χ1n) is 5.66. The summed E-state index contributed by atoms with van der Waals surface area (Å²) >= 11 is 0. The third kappa shape index (κ3) is 2.22. The van der Waals surface area contributed by atoms with Crippen molar-refractivity contribution in [3.63, 3.8) is 0 Å². The molecule has 2 rings (SSSR count). The fourth-order valence-electron chi connectivity index (χ4n) is 1.90. The molecule has 0 aliphatic heterocycles. The molecule has 2 aromatic rings. The number of ether oxygens (including phenoxy) is 1. The Balaban J connectivity index is 2.57. The maximum atomic E-state index is 13.4. The highest BCUT2D eigenvalue weighted by Crippen LogP contribution is 2.34. The van der Waals surface area contributed by atoms with Gasteiger partial charge in [0, 0.05) is 5.56 Å². The zero-order valence-electron chi connectivity index (χ0n) is 10.4. The van der Waals surface area contributed by atoms with Crippen LogP contribution in [0.4, 0.5) is 4.39 Å². The van der Waals surface area contributed by atoms with Gasteiger partial charge in [-0.2, -0.15) is 0 Å². The largest absolute Gasteiger partial charge is 0.496 e. The molecule has 0 spiro atoms. The summed E-state index contributed by atoms with van der Waals surface area (Å²) < 4.78 is 23.8. The summed E-state index contributed by atoms with van der Waals surface area (Å²) in [5, 5.41) is 3.91. The lowest BCUT2D eigenvalue weighted by atomic mass is 10.0. The van der Waals surface area contributed by atoms with Crippen LogP contribution in [-0.2, 0) is 6.42 Å². The number of benzene rings is 1. The van der Waals surface area contributed by atoms with Crippen LogP contribution in [0.25, 0.3) is 11.3 Å². The second-order valence-electron chi connectivity index (χ2n) is 3.96. The standard InChI is InChI=1S/C13H15FN2O2/c1-8-10(5-6-15)13(18-16-8)11-7-9(14)3-4-12(11)17-2/h3-4,7H,5-6,15H2,1-2H3. The van der Waals surface area contributed by atoms with Gasteiger partial charge in [-0.3, -0.25) is 0 Å². The van der Waals surface area contributed by atoms with E-state index in [-0.39, 0.29) is 5.82 Å². The second-order valence-corrected chi connectivity index (χ2v) is 3.96. The Bertz CT molecular complexity index is 552. The molecule has 0 unspecified atom stereocenters. The van der Waals surface area contributed by atoms with Crippen LogP contribution in [0.1, 0.15) is 11.3 Å². The third-order valence-corrected chi connectivity index (χ3v) is 2.79. The minimum Gasteiger partial charge on any atom is -0.496 e. The Hall–Kier alpha value is -1.88. The van der Waals surface area contributed by atoms with Gasteiger partial charge in [0.15, 0.2) is 5.76 Å². The number of rotatable bonds is 4. The van der Waals surface area contributed by atoms with Gasteiger partial charge in [-0.1, -0.05) is 5.16 Å². The van der Waals surface area contributed by atoms with Gasteiger partial charge in [0.25, 0.3) is 0 Å². The summed E-state index contributed by atoms with van der Waals surface area (Å²) in [4.78, 5) is 0. The lowest BCUT2D eigenvalue weighted by Crippen LogP contribution is -2.04. The SMILES string of the molecule is COc1ccc(F)cc1-c1onc(C)c1CCN. The van der Waals surface area contributed by atoms with Crippen molar-refractivity contribution in [1.29, 1.82) is 0 Å². The lowest BCUT2D eigenvalue weighted by Gasteiger charge is -2.07. The molecule has 0 saturated carbocycles. The van der Waals surface area contributed by atoms with E-state index >= 15 is 0 Å². The average molecular weight is 250 g/mol. The summed E-state index contributed by atoms with van der Waals surface area (Å²) in [6.45, 7) is 2.32. The van der Waals surface area contributed by atoms with E-state index in [4.69, 9.17) is 15.0 Å². The monoisotopic (exact) mass is 250 g/mol. The second kappa shape index (κ2) is 5.18. The Morgan fingerprint density at radius 2 is 2.22 bits per heavy atom. The van der Waals surface area contributed by atoms with Gasteiger partial charge in [-0.15, -0.1) is 0 Å². The molecular weight excluding hydrogens is 235 g/mol. The normalized spacial score (nSPS) is 10.7. The van der Waals surface area contributed by atoms with Crippen molar-refractivity contribution >= 4 is 0 Å². The van der Waals surface area contributed by atoms with E-state index in [1.807, 2.05) is 6.92 Å². The maximum Gasteiger partial charge on any atom is 0.174 e. The first-order valence-corrected chi connectivity index (χ1v) is 5.66. The van der Waals surface area contributed by atoms with Gasteiger partial charge in [0.2, 0.25) is 0 Å². The van der Waals surface area contributed by atoms with Crippen LogP contribution in [0.3, 0.4) is 0 Å². The van der Waals surface area contributed by atoms with Crippen LogP contribution in [0.15, 0.2) is 22.7 Å². The summed E-state index contributed by atoms with van der Waals surface area (Å²) in [6, 6.07) is 4.28. The Morgan fingerprint density at radius 3 is 2.89 bits per heavy atom. The van der Waals surface area contributed by atoms with Crippen molar-refractivity contribution < 1.29 is 13.7 Å². The highest BCUT2D eigenvalue weighted by molar-refractivity contribution is 5.69. The van der Waals surface area contributed by atoms with E-state index in [2.05, 4.69) is 5.16 Å². The van der Waals surface area contributed by atoms with E-state index < -0.39 is 0 Å². The van der Waals surface area contributed by atoms with Gasteiger partial charge < -0.3 is 15.0 Å². The molecule has 0 amide bonds. The van der Waals surface area contributed by atoms with Gasteiger partial charge >= 0.3 is 0 Å². The Morgan fingerprint density at radius 1 is 1.44 bits per heavy atom. The number of nitrogens with zero attached hydrogens (tertiary/aromatic N) is 1. The average Bonchev–Trinajstić information content (AvgIpc) is 2.72. The zero-order chi connectivity index (χ0) is 13.1. The van der Waals surface area contributed by atoms with E-state index in [9.17, 15) is 4.39 Å². The topological polar surface area (TPSA) is 61.3 Å². The number of methoxy groups -OCH3 is 1. The van der Waals surface area contributed by atoms with Crippen molar-refractivity contribution in [2.45, 2.75) is 13.3 Å². The van der Waals surface area contributed by atoms with Crippen molar-refractivity contribution in [3.05, 3.63) is 35.3 Å². The van der Waals surface area contributed by atoms with E-state index in [1.165, 1.54) is 19.2 Å². The molecule has 0 aliphatic rings. The highest BCUT2D eigenvalue weighted by Gasteiger charge is 2.18. The van der Waals surface area contributed by atoms with Crippen molar-refractivity contribution in [1.82, 2.24) is 5.16 Å². The van der Waals surface area contributed by atoms with Gasteiger partial charge in [-0.05, 0) is 38.1 Å². The van der Waals surface area contributed by atoms with Crippen LogP contribution in [-0.4, -0.2) is 18.8 Å². The summed E-state index contributed by atoms with van der Waals surface area (Å²) in [6.07, 6.45) is 0.629. The molecule has 1 aromatic heterocycles. The molecule has 0 saturated heterocycles. The molecule has 0 atom stereocenters. The fraction of sp³-hybridized carbons (Fsp3) is 0.308. The van der Waals surface area contributed by atoms with Crippen LogP contribution < -0.4 is 10.5 Å². The van der Waals surface area contributed by atoms with Crippen molar-refractivity contribution in [2.24, 2.45) is 5.73 Å². The molecule has 5 heteroatoms. The van der Waals surface area contributed by atoms with Crippen LogP contribution in [0.2, 0.25) is 0 Å². The Kier molecular flexibility index (Phi) is 3.62. The third-order valence-electron chi connectivity index (χ3n) is 2.79. The molecule has 4 nitrogen and oxygen atoms in total. The predicted molar refractivity (Wildman–Crippen MR) is 65.9 cm³/mol. The van der Waals surface area contributed by atoms with Crippen LogP contribution in [0.5, 0.6) is 5.75 Å². The summed E-state index contributed by atoms with van der Waals surface area (Å²) in [5.41, 5.74) is 7.77. The molecule has 2 N–H and O–H groups in total. The number of aromatic nitrogens is 1. The quantitative estimate of drug-likeness (QED) is 0.904. The van der Waals surface area contributed by atoms with Gasteiger partial charge in [-0.25, -0.2) is 4.39 Å². The smallest absolute Gasteiger partial charge is 0.174 e. The van der Waals surface area contributed by atoms with Crippen molar-refractivity contribution in [3.8, 4) is 17.1 Å². The number of hydrogen-bond donors (Lipinski definition) is 1. The van der Waals surface area contributed by atoms with Crippen LogP contribution >= 0.6 is 0 Å². The molecule has 96 valence electrons. The summed E-state index contributed by atoms with van der Waals surface area (Å²) in [5.74, 6) is 0.721. The molecular formula is C13H15FN2O2. The number of nitrogens with two attached hydrogens (primary N) is 1. The number of halogens is 1. The summed E-state index contributed by atoms with van der Waals surface area (Å²) in [7, 11) is 1.53. The predicted octanol–water partition coefficient (Wildman–Crippen LogP) is 2.30. The molecule has 18 heavy (non-hydrogen) atoms. The number of aryl methyl sites for hydroxylation is 1. The molecule has 1 aromatic carbocycles. The zero-order valence-corrected chi connectivity index (χ0v) is 10.4. The van der Waals surface area contributed by atoms with E-state index in [1.54, 1.807) is 6.07 Å². The first kappa shape index (κ1) is 12.6. The minimum atomic E-state index is -0.349. The fourth-order valence-corrected chi connectivity index (χ4v) is 1.90. The number of hydrogen-bond acceptors (Lipinski definition) is 4. The minimum absolute atomic E-state index is 0.349. The molecule has 0 aliphatic carbocycles. The van der Waals surface area contributed by atoms with E-state index in [0.717, 1.165) is 11.3 Å². The van der Waals surface area contributed by atoms with Gasteiger partial charge in [0.05, 0.1) is 18.4 Å². The first-order chi connectivity index (χ1) is 8.67. The van der Waals surface area contributed by atoms with Crippen molar-refractivity contribution in [2.75, 3.05) is 13.7 Å². The van der Waals surface area contributed by atoms with Gasteiger partial charge in [0.1, 0.15) is 11.6 Å². The molecule has 0 fully saturated rings. The highest BCUT2D eigenvalue weighted by atomic mass is 19.1. The molecule has 0 bridgehead atoms. The molecule has 0 radical (unpaired) electrons. The van der Waals surface area contributed by atoms with E-state index in [0.29, 0.717) is 30.0 Å². The maximum absolute atomic E-state index is 13.4. The van der Waals surface area contributed by atoms with Crippen LogP contribution in [0, 0.1) is 12.7 Å². The Labute approximate surface area is 105 Å². The lowest BCUT2D eigenvalue weighted by molar-refractivity contribution is 0.403. The molecule has 1 heterocycles.